The third-order valence-corrected chi connectivity index (χ3v) is 18.6. The number of carbonyl (C=O) groups excluding carboxylic acids is 2. The summed E-state index contributed by atoms with van der Waals surface area (Å²) in [5.74, 6) is -6.00. The first kappa shape index (κ1) is 55.4. The summed E-state index contributed by atoms with van der Waals surface area (Å²) >= 11 is -1.23. The molecule has 4 heterocycles. The maximum Gasteiger partial charge on any atom is 0.304 e. The number of carbonyl (C=O) groups is 2. The minimum absolute atomic E-state index is 0. The van der Waals surface area contributed by atoms with E-state index in [2.05, 4.69) is 75.1 Å². The summed E-state index contributed by atoms with van der Waals surface area (Å²) in [6.07, 6.45) is -3.56. The van der Waals surface area contributed by atoms with Crippen molar-refractivity contribution >= 4 is 104 Å². The first-order chi connectivity index (χ1) is 29.4. The second-order valence-corrected chi connectivity index (χ2v) is 35.8. The van der Waals surface area contributed by atoms with Crippen LogP contribution >= 0.6 is 15.9 Å². The van der Waals surface area contributed by atoms with Gasteiger partial charge in [-0.1, -0.05) is 27.1 Å². The van der Waals surface area contributed by atoms with Crippen LogP contribution in [-0.2, 0) is 18.9 Å². The second kappa shape index (κ2) is 24.2. The number of anilines is 2. The van der Waals surface area contributed by atoms with Gasteiger partial charge in [0.1, 0.15) is 14.1 Å². The van der Waals surface area contributed by atoms with Crippen LogP contribution in [0.3, 0.4) is 0 Å². The summed E-state index contributed by atoms with van der Waals surface area (Å²) in [5.41, 5.74) is 4.44. The third-order valence-electron chi connectivity index (χ3n) is 8.62. The number of nitrogens with one attached hydrogen (secondary N) is 1. The molecule has 14 nitrogen and oxygen atoms in total. The Kier molecular flexibility index (Phi) is 20.9. The van der Waals surface area contributed by atoms with Crippen LogP contribution < -0.4 is 27.4 Å². The van der Waals surface area contributed by atoms with Crippen molar-refractivity contribution in [2.75, 3.05) is 10.7 Å². The Balaban J connectivity index is 0.000000263. The molecule has 64 heavy (non-hydrogen) atoms. The average molecular weight is 1390 g/mol. The molecular weight excluding hydrogens is 1330 g/mol. The maximum atomic E-state index is 15.0. The summed E-state index contributed by atoms with van der Waals surface area (Å²) in [6.45, 7) is 16.4. The number of nitrogens with two attached hydrogens (primary N) is 1. The molecule has 2 aliphatic rings. The van der Waals surface area contributed by atoms with Crippen LogP contribution in [0.2, 0.25) is 39.3 Å². The molecule has 0 spiro atoms. The van der Waals surface area contributed by atoms with Crippen LogP contribution in [0.25, 0.3) is 0 Å². The van der Waals surface area contributed by atoms with E-state index >= 15 is 0 Å². The molecule has 0 aliphatic carbocycles. The van der Waals surface area contributed by atoms with Gasteiger partial charge in [0.05, 0.1) is 0 Å². The molecule has 0 saturated carbocycles. The Morgan fingerprint density at radius 2 is 1.31 bits per heavy atom. The van der Waals surface area contributed by atoms with Gasteiger partial charge in [-0.05, 0) is 25.7 Å². The van der Waals surface area contributed by atoms with E-state index < -0.39 is 124 Å². The van der Waals surface area contributed by atoms with Crippen molar-refractivity contribution in [3.63, 3.8) is 0 Å². The molecule has 0 bridgehead atoms. The van der Waals surface area contributed by atoms with E-state index in [0.29, 0.717) is 17.0 Å². The Morgan fingerprint density at radius 3 is 1.78 bits per heavy atom. The predicted octanol–water partition coefficient (Wildman–Crippen LogP) is 7.03. The SMILES string of the molecule is C.CC[C@H]1O[C@@H](n2ccc(N)nc2=O)C(F)(F)[C@H]1O[C](=O)[BiH][c]1ccccc1.CC[C@H]1O[C@H](Br)C(F)(F)[C@H]1O[C](=O)[BiH][c]1ccccc1.C[Si](C)(C)Nc1ccnc(O[Si](C)(C)C)n1. The minimum Gasteiger partial charge on any atom is -0.518 e. The fourth-order valence-electron chi connectivity index (χ4n) is 5.88. The maximum absolute atomic E-state index is 15.0. The van der Waals surface area contributed by atoms with Crippen molar-refractivity contribution in [2.24, 2.45) is 0 Å². The number of nitrogens with zero attached hydrogens (tertiary/aromatic N) is 4. The zero-order valence-electron chi connectivity index (χ0n) is 36.0. The average Bonchev–Trinajstić information content (AvgIpc) is 3.56. The molecule has 23 heteroatoms. The van der Waals surface area contributed by atoms with Crippen molar-refractivity contribution in [1.29, 1.82) is 0 Å². The number of rotatable bonds is 13. The standard InChI is InChI=1S/C11H12F2N3O4.C10H21N3OSi2.C7H8BrF2O3.2C6H5.CH4.2Bi.2H/c1-2-6-8(19-5-17)11(12,13)9(20-6)16-4-3-7(14)15-10(16)18;1-15(2,3)13-9-7-8-11-10(12-9)14-16(4,5)6;1-2-4-5(12-3-11)7(9,10)6(8)13-4;2*1-2-4-6-5-3-1;;;;;/h3-4,6,8-9H,2H2,1H3,(H2,14,15,18);7-8H,1-6H3,(H,11,12,13);4-6H,2H2,1H3;2*1-5H;1H4;;;;/t6-,8+,9-;;4-,5+,6+;;;;;;;/m1.1......./s1. The monoisotopic (exact) mass is 1390 g/mol. The Hall–Kier alpha value is -2.94. The number of halogens is 5. The van der Waals surface area contributed by atoms with Gasteiger partial charge < -0.3 is 9.41 Å². The molecule has 4 aromatic rings. The predicted molar refractivity (Wildman–Crippen MR) is 252 cm³/mol. The van der Waals surface area contributed by atoms with E-state index in [0.717, 1.165) is 18.6 Å². The smallest absolute Gasteiger partial charge is 0.304 e. The van der Waals surface area contributed by atoms with Crippen LogP contribution in [0.4, 0.5) is 38.8 Å². The normalized spacial score (nSPS) is 22.0. The molecule has 2 fully saturated rings. The van der Waals surface area contributed by atoms with E-state index in [9.17, 15) is 31.9 Å². The molecule has 2 saturated heterocycles. The Morgan fingerprint density at radius 1 is 0.812 bits per heavy atom. The molecule has 352 valence electrons. The van der Waals surface area contributed by atoms with Crippen LogP contribution in [0, 0.1) is 0 Å². The van der Waals surface area contributed by atoms with Gasteiger partial charge in [0, 0.05) is 6.20 Å². The molecule has 2 aromatic carbocycles. The van der Waals surface area contributed by atoms with Crippen molar-refractivity contribution in [2.45, 2.75) is 121 Å². The van der Waals surface area contributed by atoms with Crippen LogP contribution in [-0.4, -0.2) is 131 Å². The number of benzene rings is 2. The molecule has 0 amide bonds. The molecule has 0 radical (unpaired) electrons. The van der Waals surface area contributed by atoms with Gasteiger partial charge in [-0.3, -0.25) is 0 Å². The summed E-state index contributed by atoms with van der Waals surface area (Å²) in [7, 11) is -2.99. The van der Waals surface area contributed by atoms with Crippen molar-refractivity contribution in [1.82, 2.24) is 19.5 Å². The molecular formula is C41H57Bi2BrF4N6O8Si2. The van der Waals surface area contributed by atoms with Gasteiger partial charge in [0.2, 0.25) is 8.32 Å². The summed E-state index contributed by atoms with van der Waals surface area (Å²) in [4.78, 5) is 51.5. The summed E-state index contributed by atoms with van der Waals surface area (Å²) < 4.78 is 85.6. The van der Waals surface area contributed by atoms with Gasteiger partial charge in [0.25, 0.3) is 0 Å². The van der Waals surface area contributed by atoms with Crippen LogP contribution in [0.5, 0.6) is 6.01 Å². The van der Waals surface area contributed by atoms with Gasteiger partial charge in [-0.15, -0.1) is 0 Å². The van der Waals surface area contributed by atoms with Gasteiger partial charge in [-0.25, -0.2) is 4.98 Å². The van der Waals surface area contributed by atoms with Crippen molar-refractivity contribution in [3.8, 4) is 6.01 Å². The molecule has 6 atom stereocenters. The largest absolute Gasteiger partial charge is 0.518 e. The second-order valence-electron chi connectivity index (χ2n) is 16.2. The van der Waals surface area contributed by atoms with E-state index in [1.54, 1.807) is 44.3 Å². The Labute approximate surface area is 404 Å². The van der Waals surface area contributed by atoms with Gasteiger partial charge in [-0.2, -0.15) is 4.98 Å². The minimum atomic E-state index is -3.59. The summed E-state index contributed by atoms with van der Waals surface area (Å²) in [5, 5.41) is -1.40. The zero-order chi connectivity index (χ0) is 46.8. The molecule has 0 unspecified atom stereocenters. The fraction of sp³-hybridized carbons (Fsp3) is 0.463. The van der Waals surface area contributed by atoms with Crippen LogP contribution in [0.15, 0.2) is 90.0 Å². The van der Waals surface area contributed by atoms with Crippen molar-refractivity contribution < 1.29 is 50.5 Å². The van der Waals surface area contributed by atoms with E-state index in [-0.39, 0.29) is 19.7 Å². The molecule has 3 N–H and O–H groups in total. The summed E-state index contributed by atoms with van der Waals surface area (Å²) in [6, 6.07) is 21.7. The molecule has 2 aromatic heterocycles. The zero-order valence-corrected chi connectivity index (χ0v) is 47.3. The fourth-order valence-corrected chi connectivity index (χ4v) is 14.0. The quantitative estimate of drug-likeness (QED) is 0.0793. The molecule has 6 rings (SSSR count). The van der Waals surface area contributed by atoms with Gasteiger partial charge in [0.15, 0.2) is 0 Å². The van der Waals surface area contributed by atoms with Crippen molar-refractivity contribution in [3.05, 3.63) is 95.7 Å². The number of hydrogen-bond donors (Lipinski definition) is 2. The number of hydrogen-bond acceptors (Lipinski definition) is 13. The molecule has 2 aliphatic heterocycles. The first-order valence-electron chi connectivity index (χ1n) is 19.8. The van der Waals surface area contributed by atoms with Gasteiger partial charge >= 0.3 is 307 Å². The topological polar surface area (TPSA) is 179 Å². The van der Waals surface area contributed by atoms with E-state index in [4.69, 9.17) is 29.1 Å². The number of nitrogen functional groups attached to an aromatic ring is 1. The first-order valence-corrected chi connectivity index (χ1v) is 35.4. The van der Waals surface area contributed by atoms with E-state index in [1.807, 2.05) is 42.5 Å². The third kappa shape index (κ3) is 16.4. The van der Waals surface area contributed by atoms with Crippen LogP contribution in [0.1, 0.15) is 40.3 Å². The Bertz CT molecular complexity index is 2150. The van der Waals surface area contributed by atoms with E-state index in [1.165, 1.54) is 6.07 Å². The number of alkyl halides is 5. The number of ether oxygens (including phenoxy) is 4. The number of aromatic nitrogens is 4.